The minimum Gasteiger partial charge on any atom is -0.444 e. The van der Waals surface area contributed by atoms with Gasteiger partial charge in [-0.1, -0.05) is 0 Å². The molecular weight excluding hydrogens is 308 g/mol. The van der Waals surface area contributed by atoms with Gasteiger partial charge in [0, 0.05) is 32.1 Å². The van der Waals surface area contributed by atoms with Crippen molar-refractivity contribution in [2.45, 2.75) is 77.6 Å². The van der Waals surface area contributed by atoms with E-state index in [-0.39, 0.29) is 24.2 Å². The molecule has 7 nitrogen and oxygen atoms in total. The van der Waals surface area contributed by atoms with E-state index in [1.807, 2.05) is 25.7 Å². The smallest absolute Gasteiger partial charge is 0.410 e. The first-order valence-corrected chi connectivity index (χ1v) is 8.80. The van der Waals surface area contributed by atoms with Gasteiger partial charge >= 0.3 is 6.09 Å². The van der Waals surface area contributed by atoms with Crippen LogP contribution in [0.5, 0.6) is 0 Å². The summed E-state index contributed by atoms with van der Waals surface area (Å²) in [5.41, 5.74) is -0.461. The summed E-state index contributed by atoms with van der Waals surface area (Å²) in [6, 6.07) is 0.524. The molecule has 24 heavy (non-hydrogen) atoms. The van der Waals surface area contributed by atoms with Crippen LogP contribution in [-0.4, -0.2) is 56.9 Å². The molecule has 2 aliphatic heterocycles. The average Bonchev–Trinajstić information content (AvgIpc) is 2.99. The van der Waals surface area contributed by atoms with Crippen molar-refractivity contribution in [2.24, 2.45) is 0 Å². The van der Waals surface area contributed by atoms with Crippen LogP contribution in [0.2, 0.25) is 0 Å². The molecule has 3 rings (SSSR count). The molecule has 7 heteroatoms. The molecule has 1 aromatic heterocycles. The lowest BCUT2D eigenvalue weighted by atomic mass is 10.1. The fourth-order valence-electron chi connectivity index (χ4n) is 3.70. The lowest BCUT2D eigenvalue weighted by Crippen LogP contribution is -2.45. The number of likely N-dealkylation sites (tertiary alicyclic amines) is 1. The highest BCUT2D eigenvalue weighted by Crippen LogP contribution is 2.34. The fourth-order valence-corrected chi connectivity index (χ4v) is 3.70. The second kappa shape index (κ2) is 6.35. The third kappa shape index (κ3) is 3.55. The lowest BCUT2D eigenvalue weighted by Gasteiger charge is -2.32. The zero-order valence-corrected chi connectivity index (χ0v) is 15.3. The number of rotatable bonds is 2. The van der Waals surface area contributed by atoms with Gasteiger partial charge in [-0.2, -0.15) is 0 Å². The SMILES string of the molecule is Cc1nnc([C@H](C)N2CC[C@H]3CC[C@@H](C2)N3C(=O)OC(C)(C)C)o1. The molecule has 2 bridgehead atoms. The number of nitrogens with zero attached hydrogens (tertiary/aromatic N) is 4. The van der Waals surface area contributed by atoms with E-state index in [1.54, 1.807) is 6.92 Å². The lowest BCUT2D eigenvalue weighted by molar-refractivity contribution is 0.0148. The first-order chi connectivity index (χ1) is 11.2. The number of hydrogen-bond acceptors (Lipinski definition) is 6. The van der Waals surface area contributed by atoms with E-state index in [0.717, 1.165) is 32.4 Å². The van der Waals surface area contributed by atoms with E-state index in [0.29, 0.717) is 11.8 Å². The average molecular weight is 336 g/mol. The molecule has 1 aromatic rings. The highest BCUT2D eigenvalue weighted by atomic mass is 16.6. The summed E-state index contributed by atoms with van der Waals surface area (Å²) in [7, 11) is 0. The number of aromatic nitrogens is 2. The molecule has 3 atom stereocenters. The molecule has 0 spiro atoms. The summed E-state index contributed by atoms with van der Waals surface area (Å²) < 4.78 is 11.2. The van der Waals surface area contributed by atoms with Crippen molar-refractivity contribution in [3.05, 3.63) is 11.8 Å². The van der Waals surface area contributed by atoms with Gasteiger partial charge in [0.1, 0.15) is 5.60 Å². The summed E-state index contributed by atoms with van der Waals surface area (Å²) in [6.07, 6.45) is 2.85. The van der Waals surface area contributed by atoms with Crippen LogP contribution in [0, 0.1) is 6.92 Å². The minimum absolute atomic E-state index is 0.0611. The Balaban J connectivity index is 1.71. The van der Waals surface area contributed by atoms with Crippen LogP contribution in [0.25, 0.3) is 0 Å². The Morgan fingerprint density at radius 2 is 1.96 bits per heavy atom. The van der Waals surface area contributed by atoms with Crippen LogP contribution in [0.15, 0.2) is 4.42 Å². The van der Waals surface area contributed by atoms with E-state index in [4.69, 9.17) is 9.15 Å². The van der Waals surface area contributed by atoms with Gasteiger partial charge < -0.3 is 14.1 Å². The van der Waals surface area contributed by atoms with Crippen molar-refractivity contribution in [3.63, 3.8) is 0 Å². The molecule has 0 radical (unpaired) electrons. The molecule has 1 amide bonds. The molecule has 3 heterocycles. The van der Waals surface area contributed by atoms with Crippen LogP contribution in [0.1, 0.15) is 64.8 Å². The van der Waals surface area contributed by atoms with Crippen LogP contribution >= 0.6 is 0 Å². The van der Waals surface area contributed by atoms with E-state index < -0.39 is 5.60 Å². The molecule has 0 aliphatic carbocycles. The molecular formula is C17H28N4O3. The van der Waals surface area contributed by atoms with Crippen molar-refractivity contribution in [1.29, 1.82) is 0 Å². The zero-order chi connectivity index (χ0) is 17.5. The van der Waals surface area contributed by atoms with Crippen LogP contribution in [0.3, 0.4) is 0 Å². The van der Waals surface area contributed by atoms with E-state index in [9.17, 15) is 4.79 Å². The normalized spacial score (nSPS) is 26.3. The van der Waals surface area contributed by atoms with Crippen LogP contribution < -0.4 is 0 Å². The van der Waals surface area contributed by atoms with E-state index in [1.165, 1.54) is 0 Å². The number of carbonyl (C=O) groups excluding carboxylic acids is 1. The van der Waals surface area contributed by atoms with Gasteiger partial charge in [-0.05, 0) is 47.0 Å². The highest BCUT2D eigenvalue weighted by molar-refractivity contribution is 5.69. The molecule has 2 saturated heterocycles. The monoisotopic (exact) mass is 336 g/mol. The third-order valence-electron chi connectivity index (χ3n) is 4.87. The fraction of sp³-hybridized carbons (Fsp3) is 0.824. The molecule has 0 saturated carbocycles. The highest BCUT2D eigenvalue weighted by Gasteiger charge is 2.43. The summed E-state index contributed by atoms with van der Waals surface area (Å²) in [4.78, 5) is 16.9. The van der Waals surface area contributed by atoms with Crippen molar-refractivity contribution in [2.75, 3.05) is 13.1 Å². The van der Waals surface area contributed by atoms with Gasteiger partial charge in [0.2, 0.25) is 11.8 Å². The zero-order valence-electron chi connectivity index (χ0n) is 15.3. The van der Waals surface area contributed by atoms with Gasteiger partial charge in [0.25, 0.3) is 0 Å². The standard InChI is InChI=1S/C17H28N4O3/c1-11(15-19-18-12(2)23-15)20-9-8-13-6-7-14(10-20)21(13)16(22)24-17(3,4)5/h11,13-14H,6-10H2,1-5H3/t11-,13+,14-/m0/s1. The molecule has 0 aromatic carbocycles. The van der Waals surface area contributed by atoms with Crippen LogP contribution in [-0.2, 0) is 4.74 Å². The molecule has 134 valence electrons. The van der Waals surface area contributed by atoms with E-state index in [2.05, 4.69) is 22.0 Å². The Kier molecular flexibility index (Phi) is 4.55. The Bertz CT molecular complexity index is 595. The van der Waals surface area contributed by atoms with Crippen LogP contribution in [0.4, 0.5) is 4.79 Å². The number of ether oxygens (including phenoxy) is 1. The number of aryl methyl sites for hydroxylation is 1. The largest absolute Gasteiger partial charge is 0.444 e. The Morgan fingerprint density at radius 1 is 1.25 bits per heavy atom. The Labute approximate surface area is 143 Å². The Hall–Kier alpha value is -1.63. The maximum Gasteiger partial charge on any atom is 0.410 e. The van der Waals surface area contributed by atoms with Gasteiger partial charge in [0.05, 0.1) is 6.04 Å². The molecule has 2 fully saturated rings. The maximum absolute atomic E-state index is 12.6. The summed E-state index contributed by atoms with van der Waals surface area (Å²) >= 11 is 0. The minimum atomic E-state index is -0.461. The predicted octanol–water partition coefficient (Wildman–Crippen LogP) is 2.91. The van der Waals surface area contributed by atoms with Gasteiger partial charge in [-0.25, -0.2) is 4.79 Å². The van der Waals surface area contributed by atoms with Gasteiger partial charge in [-0.3, -0.25) is 4.90 Å². The maximum atomic E-state index is 12.6. The summed E-state index contributed by atoms with van der Waals surface area (Å²) in [5, 5.41) is 8.08. The first kappa shape index (κ1) is 17.2. The summed E-state index contributed by atoms with van der Waals surface area (Å²) in [6.45, 7) is 11.4. The second-order valence-electron chi connectivity index (χ2n) is 7.89. The van der Waals surface area contributed by atoms with Crippen molar-refractivity contribution >= 4 is 6.09 Å². The first-order valence-electron chi connectivity index (χ1n) is 8.80. The van der Waals surface area contributed by atoms with E-state index >= 15 is 0 Å². The van der Waals surface area contributed by atoms with Gasteiger partial charge in [0.15, 0.2) is 0 Å². The number of amides is 1. The quantitative estimate of drug-likeness (QED) is 0.827. The number of carbonyl (C=O) groups is 1. The van der Waals surface area contributed by atoms with Crippen molar-refractivity contribution < 1.29 is 13.9 Å². The van der Waals surface area contributed by atoms with Crippen molar-refractivity contribution in [3.8, 4) is 0 Å². The number of hydrogen-bond donors (Lipinski definition) is 0. The number of fused-ring (bicyclic) bond motifs is 2. The third-order valence-corrected chi connectivity index (χ3v) is 4.87. The molecule has 2 aliphatic rings. The Morgan fingerprint density at radius 3 is 2.58 bits per heavy atom. The topological polar surface area (TPSA) is 71.7 Å². The molecule has 0 unspecified atom stereocenters. The van der Waals surface area contributed by atoms with Gasteiger partial charge in [-0.15, -0.1) is 10.2 Å². The second-order valence-corrected chi connectivity index (χ2v) is 7.89. The molecule has 0 N–H and O–H groups in total. The summed E-state index contributed by atoms with van der Waals surface area (Å²) in [5.74, 6) is 1.23. The predicted molar refractivity (Wildman–Crippen MR) is 88.5 cm³/mol. The van der Waals surface area contributed by atoms with Crippen molar-refractivity contribution in [1.82, 2.24) is 20.0 Å².